The number of halogens is 1. The Bertz CT molecular complexity index is 1440. The fourth-order valence-corrected chi connectivity index (χ4v) is 7.92. The summed E-state index contributed by atoms with van der Waals surface area (Å²) in [6.07, 6.45) is 1.59. The van der Waals surface area contributed by atoms with Crippen molar-refractivity contribution >= 4 is 47.3 Å². The summed E-state index contributed by atoms with van der Waals surface area (Å²) in [5.74, 6) is 0.0955. The molecule has 0 spiro atoms. The standard InChI is InChI=1S/C33H31ClNO3P/c1-23-10-3-6-14-29(23)39(30-15-7-4-11-24(30)2)31-16-8-5-13-28(31)38-33(37)27-12-9-21-35(27)32(36)22-25-17-19-26(34)20-18-25/h3-8,10-11,13-20,27H,9,12,21-22H2,1-2H3/t27-/m0/s1. The maximum atomic E-state index is 13.6. The molecule has 1 aliphatic rings. The Kier molecular flexibility index (Phi) is 8.45. The van der Waals surface area contributed by atoms with E-state index in [1.165, 1.54) is 21.7 Å². The summed E-state index contributed by atoms with van der Waals surface area (Å²) < 4.78 is 6.15. The van der Waals surface area contributed by atoms with Crippen molar-refractivity contribution in [2.75, 3.05) is 6.54 Å². The minimum atomic E-state index is -0.979. The van der Waals surface area contributed by atoms with Crippen LogP contribution >= 0.6 is 19.5 Å². The normalized spacial score (nSPS) is 15.0. The lowest BCUT2D eigenvalue weighted by molar-refractivity contribution is -0.145. The van der Waals surface area contributed by atoms with Gasteiger partial charge in [-0.15, -0.1) is 0 Å². The van der Waals surface area contributed by atoms with E-state index < -0.39 is 14.0 Å². The number of esters is 1. The van der Waals surface area contributed by atoms with E-state index >= 15 is 0 Å². The summed E-state index contributed by atoms with van der Waals surface area (Å²) in [7, 11) is -0.979. The maximum Gasteiger partial charge on any atom is 0.334 e. The zero-order valence-corrected chi connectivity index (χ0v) is 23.8. The molecule has 6 heteroatoms. The molecule has 0 N–H and O–H groups in total. The lowest BCUT2D eigenvalue weighted by Gasteiger charge is -2.26. The Morgan fingerprint density at radius 3 is 2.00 bits per heavy atom. The van der Waals surface area contributed by atoms with Gasteiger partial charge in [0.2, 0.25) is 5.91 Å². The van der Waals surface area contributed by atoms with Crippen molar-refractivity contribution in [3.8, 4) is 5.75 Å². The van der Waals surface area contributed by atoms with Crippen LogP contribution in [0.15, 0.2) is 97.1 Å². The highest BCUT2D eigenvalue weighted by molar-refractivity contribution is 7.80. The van der Waals surface area contributed by atoms with Gasteiger partial charge in [0.25, 0.3) is 0 Å². The molecule has 1 aliphatic heterocycles. The zero-order chi connectivity index (χ0) is 27.4. The Morgan fingerprint density at radius 2 is 1.38 bits per heavy atom. The van der Waals surface area contributed by atoms with E-state index in [1.807, 2.05) is 42.5 Å². The van der Waals surface area contributed by atoms with Crippen molar-refractivity contribution in [3.05, 3.63) is 119 Å². The molecular formula is C33H31ClNO3P. The van der Waals surface area contributed by atoms with E-state index in [4.69, 9.17) is 16.3 Å². The molecule has 4 aromatic carbocycles. The molecule has 4 aromatic rings. The summed E-state index contributed by atoms with van der Waals surface area (Å²) in [4.78, 5) is 28.4. The van der Waals surface area contributed by atoms with Gasteiger partial charge in [0.05, 0.1) is 6.42 Å². The largest absolute Gasteiger partial charge is 0.424 e. The van der Waals surface area contributed by atoms with Crippen LogP contribution in [0.4, 0.5) is 0 Å². The van der Waals surface area contributed by atoms with Crippen molar-refractivity contribution in [1.82, 2.24) is 4.90 Å². The lowest BCUT2D eigenvalue weighted by atomic mass is 10.1. The van der Waals surface area contributed by atoms with Gasteiger partial charge in [-0.05, 0) is 80.1 Å². The monoisotopic (exact) mass is 555 g/mol. The second kappa shape index (κ2) is 12.2. The Morgan fingerprint density at radius 1 is 0.821 bits per heavy atom. The number of carbonyl (C=O) groups is 2. The van der Waals surface area contributed by atoms with E-state index in [2.05, 4.69) is 56.3 Å². The quantitative estimate of drug-likeness (QED) is 0.163. The number of benzene rings is 4. The molecule has 39 heavy (non-hydrogen) atoms. The second-order valence-electron chi connectivity index (χ2n) is 9.85. The zero-order valence-electron chi connectivity index (χ0n) is 22.1. The third kappa shape index (κ3) is 6.08. The molecule has 0 saturated carbocycles. The van der Waals surface area contributed by atoms with Gasteiger partial charge >= 0.3 is 5.97 Å². The van der Waals surface area contributed by atoms with Crippen LogP contribution in [-0.2, 0) is 16.0 Å². The molecule has 0 radical (unpaired) electrons. The third-order valence-electron chi connectivity index (χ3n) is 7.14. The maximum absolute atomic E-state index is 13.6. The molecule has 4 nitrogen and oxygen atoms in total. The predicted molar refractivity (Wildman–Crippen MR) is 160 cm³/mol. The average molecular weight is 556 g/mol. The van der Waals surface area contributed by atoms with Crippen molar-refractivity contribution in [2.45, 2.75) is 39.2 Å². The number of amides is 1. The first-order valence-corrected chi connectivity index (χ1v) is 14.9. The van der Waals surface area contributed by atoms with E-state index in [1.54, 1.807) is 17.0 Å². The van der Waals surface area contributed by atoms with Gasteiger partial charge in [-0.3, -0.25) is 4.79 Å². The van der Waals surface area contributed by atoms with Crippen LogP contribution in [0.3, 0.4) is 0 Å². The first kappa shape index (κ1) is 27.1. The van der Waals surface area contributed by atoms with Gasteiger partial charge in [0, 0.05) is 16.9 Å². The number of ether oxygens (including phenoxy) is 1. The Balaban J connectivity index is 1.43. The number of aryl methyl sites for hydroxylation is 2. The van der Waals surface area contributed by atoms with Crippen LogP contribution in [0, 0.1) is 13.8 Å². The van der Waals surface area contributed by atoms with Gasteiger partial charge in [-0.2, -0.15) is 0 Å². The van der Waals surface area contributed by atoms with Crippen molar-refractivity contribution in [2.24, 2.45) is 0 Å². The van der Waals surface area contributed by atoms with Crippen LogP contribution in [-0.4, -0.2) is 29.4 Å². The highest BCUT2D eigenvalue weighted by atomic mass is 35.5. The molecule has 1 heterocycles. The predicted octanol–water partition coefficient (Wildman–Crippen LogP) is 5.85. The molecule has 0 unspecified atom stereocenters. The average Bonchev–Trinajstić information content (AvgIpc) is 3.44. The summed E-state index contributed by atoms with van der Waals surface area (Å²) in [5, 5.41) is 4.07. The van der Waals surface area contributed by atoms with Crippen molar-refractivity contribution < 1.29 is 14.3 Å². The number of likely N-dealkylation sites (tertiary alicyclic amines) is 1. The Labute approximate surface area is 236 Å². The van der Waals surface area contributed by atoms with Gasteiger partial charge in [-0.1, -0.05) is 90.5 Å². The number of nitrogens with zero attached hydrogens (tertiary/aromatic N) is 1. The molecule has 0 bridgehead atoms. The molecule has 1 amide bonds. The number of carbonyl (C=O) groups excluding carboxylic acids is 2. The van der Waals surface area contributed by atoms with Crippen LogP contribution in [0.5, 0.6) is 5.75 Å². The summed E-state index contributed by atoms with van der Waals surface area (Å²) in [6, 6.07) is 31.3. The van der Waals surface area contributed by atoms with Gasteiger partial charge < -0.3 is 9.64 Å². The SMILES string of the molecule is Cc1ccccc1P(c1ccccc1C)c1ccccc1OC(=O)[C@@H]1CCCN1C(=O)Cc1ccc(Cl)cc1. The van der Waals surface area contributed by atoms with Crippen molar-refractivity contribution in [3.63, 3.8) is 0 Å². The van der Waals surface area contributed by atoms with Crippen molar-refractivity contribution in [1.29, 1.82) is 0 Å². The topological polar surface area (TPSA) is 46.6 Å². The fourth-order valence-electron chi connectivity index (χ4n) is 5.11. The molecule has 198 valence electrons. The molecule has 0 aromatic heterocycles. The van der Waals surface area contributed by atoms with Crippen LogP contribution in [0.2, 0.25) is 5.02 Å². The van der Waals surface area contributed by atoms with Crippen LogP contribution in [0.1, 0.15) is 29.5 Å². The molecule has 1 atom stereocenters. The number of hydrogen-bond donors (Lipinski definition) is 0. The summed E-state index contributed by atoms with van der Waals surface area (Å²) in [6.45, 7) is 4.80. The van der Waals surface area contributed by atoms with E-state index in [-0.39, 0.29) is 18.3 Å². The lowest BCUT2D eigenvalue weighted by Crippen LogP contribution is -2.43. The van der Waals surface area contributed by atoms with Crippen LogP contribution < -0.4 is 20.7 Å². The smallest absolute Gasteiger partial charge is 0.334 e. The van der Waals surface area contributed by atoms with Crippen LogP contribution in [0.25, 0.3) is 0 Å². The van der Waals surface area contributed by atoms with E-state index in [0.29, 0.717) is 23.7 Å². The number of hydrogen-bond acceptors (Lipinski definition) is 3. The fraction of sp³-hybridized carbons (Fsp3) is 0.212. The number of para-hydroxylation sites is 1. The van der Waals surface area contributed by atoms with E-state index in [9.17, 15) is 9.59 Å². The van der Waals surface area contributed by atoms with E-state index in [0.717, 1.165) is 17.3 Å². The number of rotatable bonds is 7. The minimum absolute atomic E-state index is 0.0767. The third-order valence-corrected chi connectivity index (χ3v) is 10.2. The van der Waals surface area contributed by atoms with Gasteiger partial charge in [0.15, 0.2) is 0 Å². The highest BCUT2D eigenvalue weighted by Crippen LogP contribution is 2.38. The molecule has 1 fully saturated rings. The first-order chi connectivity index (χ1) is 18.9. The highest BCUT2D eigenvalue weighted by Gasteiger charge is 2.36. The van der Waals surface area contributed by atoms with Gasteiger partial charge in [-0.25, -0.2) is 4.79 Å². The summed E-state index contributed by atoms with van der Waals surface area (Å²) in [5.41, 5.74) is 3.27. The second-order valence-corrected chi connectivity index (χ2v) is 12.4. The molecule has 1 saturated heterocycles. The molecule has 5 rings (SSSR count). The summed E-state index contributed by atoms with van der Waals surface area (Å²) >= 11 is 5.99. The minimum Gasteiger partial charge on any atom is -0.424 e. The van der Waals surface area contributed by atoms with Gasteiger partial charge in [0.1, 0.15) is 11.8 Å². The molecule has 0 aliphatic carbocycles. The Hall–Kier alpha value is -3.46. The first-order valence-electron chi connectivity index (χ1n) is 13.2. The molecular weight excluding hydrogens is 525 g/mol.